The molecule has 1 saturated heterocycles. The first kappa shape index (κ1) is 21.0. The molecule has 164 valence electrons. The summed E-state index contributed by atoms with van der Waals surface area (Å²) in [6.45, 7) is 2.33. The quantitative estimate of drug-likeness (QED) is 0.643. The van der Waals surface area contributed by atoms with Gasteiger partial charge in [-0.15, -0.1) is 0 Å². The van der Waals surface area contributed by atoms with Gasteiger partial charge in [-0.05, 0) is 18.9 Å². The standard InChI is InChI=1S/C22H25F2N5O2/c1-15-18(21(30)29-12-9-22(23,24)10-13-29)19(27-31-15)17-14-26-28(2)20(17)25-11-8-16-6-4-3-5-7-16/h3-7,14,25H,8-13H2,1-2H3. The number of anilines is 1. The number of halogens is 2. The Labute approximate surface area is 179 Å². The molecule has 0 atom stereocenters. The van der Waals surface area contributed by atoms with Crippen molar-refractivity contribution in [3.05, 3.63) is 53.4 Å². The number of alkyl halides is 2. The second kappa shape index (κ2) is 8.49. The number of aryl methyl sites for hydroxylation is 2. The number of benzene rings is 1. The summed E-state index contributed by atoms with van der Waals surface area (Å²) in [5, 5.41) is 11.8. The molecule has 7 nitrogen and oxygen atoms in total. The molecular weight excluding hydrogens is 404 g/mol. The lowest BCUT2D eigenvalue weighted by Gasteiger charge is -2.31. The average Bonchev–Trinajstić information content (AvgIpc) is 3.31. The van der Waals surface area contributed by atoms with Gasteiger partial charge in [-0.25, -0.2) is 8.78 Å². The number of nitrogens with zero attached hydrogens (tertiary/aromatic N) is 4. The van der Waals surface area contributed by atoms with Crippen molar-refractivity contribution in [3.63, 3.8) is 0 Å². The molecular formula is C22H25F2N5O2. The van der Waals surface area contributed by atoms with Crippen LogP contribution in [0, 0.1) is 6.92 Å². The van der Waals surface area contributed by atoms with Crippen LogP contribution in [0.25, 0.3) is 11.3 Å². The Bertz CT molecular complexity index is 1050. The number of carbonyl (C=O) groups is 1. The molecule has 2 aromatic heterocycles. The van der Waals surface area contributed by atoms with E-state index in [-0.39, 0.29) is 31.8 Å². The van der Waals surface area contributed by atoms with Crippen molar-refractivity contribution in [2.24, 2.45) is 7.05 Å². The van der Waals surface area contributed by atoms with Crippen LogP contribution in [0.1, 0.15) is 34.5 Å². The highest BCUT2D eigenvalue weighted by molar-refractivity contribution is 6.01. The van der Waals surface area contributed by atoms with Gasteiger partial charge in [0.2, 0.25) is 0 Å². The average molecular weight is 429 g/mol. The Balaban J connectivity index is 1.55. The molecule has 4 rings (SSSR count). The molecule has 1 aliphatic rings. The summed E-state index contributed by atoms with van der Waals surface area (Å²) in [6, 6.07) is 10.1. The Kier molecular flexibility index (Phi) is 5.75. The lowest BCUT2D eigenvalue weighted by molar-refractivity contribution is -0.0494. The van der Waals surface area contributed by atoms with Crippen LogP contribution in [-0.2, 0) is 13.5 Å². The molecule has 1 N–H and O–H groups in total. The molecule has 9 heteroatoms. The van der Waals surface area contributed by atoms with Crippen molar-refractivity contribution in [2.45, 2.75) is 32.1 Å². The SMILES string of the molecule is Cc1onc(-c2cnn(C)c2NCCc2ccccc2)c1C(=O)N1CCC(F)(F)CC1. The van der Waals surface area contributed by atoms with E-state index in [9.17, 15) is 13.6 Å². The normalized spacial score (nSPS) is 15.8. The number of hydrogen-bond acceptors (Lipinski definition) is 5. The minimum atomic E-state index is -2.72. The van der Waals surface area contributed by atoms with Gasteiger partial charge in [0.1, 0.15) is 22.8 Å². The smallest absolute Gasteiger partial charge is 0.259 e. The van der Waals surface area contributed by atoms with Crippen LogP contribution in [0.15, 0.2) is 41.1 Å². The highest BCUT2D eigenvalue weighted by atomic mass is 19.3. The minimum absolute atomic E-state index is 0.00508. The Morgan fingerprint density at radius 1 is 1.23 bits per heavy atom. The van der Waals surface area contributed by atoms with Crippen LogP contribution < -0.4 is 5.32 Å². The van der Waals surface area contributed by atoms with Crippen LogP contribution in [0.4, 0.5) is 14.6 Å². The fraction of sp³-hybridized carbons (Fsp3) is 0.409. The van der Waals surface area contributed by atoms with Crippen LogP contribution in [0.3, 0.4) is 0 Å². The zero-order valence-corrected chi connectivity index (χ0v) is 17.6. The maximum absolute atomic E-state index is 13.5. The lowest BCUT2D eigenvalue weighted by atomic mass is 10.0. The third kappa shape index (κ3) is 4.45. The first-order valence-electron chi connectivity index (χ1n) is 10.3. The van der Waals surface area contributed by atoms with E-state index in [2.05, 4.69) is 27.7 Å². The molecule has 0 spiro atoms. The number of nitrogens with one attached hydrogen (secondary N) is 1. The molecule has 1 aliphatic heterocycles. The van der Waals surface area contributed by atoms with Crippen LogP contribution in [0.5, 0.6) is 0 Å². The van der Waals surface area contributed by atoms with Crippen LogP contribution in [-0.4, -0.2) is 51.3 Å². The molecule has 0 saturated carbocycles. The summed E-state index contributed by atoms with van der Waals surface area (Å²) in [4.78, 5) is 14.6. The van der Waals surface area contributed by atoms with Gasteiger partial charge in [0.05, 0.1) is 11.8 Å². The van der Waals surface area contributed by atoms with Crippen molar-refractivity contribution in [1.29, 1.82) is 0 Å². The van der Waals surface area contributed by atoms with E-state index in [1.807, 2.05) is 18.2 Å². The van der Waals surface area contributed by atoms with Gasteiger partial charge in [0, 0.05) is 39.5 Å². The zero-order valence-electron chi connectivity index (χ0n) is 17.6. The van der Waals surface area contributed by atoms with E-state index in [1.54, 1.807) is 24.9 Å². The molecule has 0 radical (unpaired) electrons. The van der Waals surface area contributed by atoms with Gasteiger partial charge < -0.3 is 14.7 Å². The molecule has 0 bridgehead atoms. The molecule has 3 aromatic rings. The second-order valence-corrected chi connectivity index (χ2v) is 7.80. The van der Waals surface area contributed by atoms with Gasteiger partial charge in [-0.2, -0.15) is 5.10 Å². The second-order valence-electron chi connectivity index (χ2n) is 7.80. The molecule has 1 fully saturated rings. The van der Waals surface area contributed by atoms with Gasteiger partial charge in [0.15, 0.2) is 0 Å². The largest absolute Gasteiger partial charge is 0.369 e. The van der Waals surface area contributed by atoms with Crippen molar-refractivity contribution >= 4 is 11.7 Å². The van der Waals surface area contributed by atoms with Crippen molar-refractivity contribution in [3.8, 4) is 11.3 Å². The van der Waals surface area contributed by atoms with E-state index in [0.717, 1.165) is 6.42 Å². The summed E-state index contributed by atoms with van der Waals surface area (Å²) in [5.41, 5.74) is 2.51. The highest BCUT2D eigenvalue weighted by Gasteiger charge is 2.37. The highest BCUT2D eigenvalue weighted by Crippen LogP contribution is 2.34. The molecule has 3 heterocycles. The molecule has 1 aromatic carbocycles. The van der Waals surface area contributed by atoms with Gasteiger partial charge in [-0.1, -0.05) is 35.5 Å². The van der Waals surface area contributed by atoms with Crippen molar-refractivity contribution in [2.75, 3.05) is 25.0 Å². The summed E-state index contributed by atoms with van der Waals surface area (Å²) in [6.07, 6.45) is 1.77. The molecule has 1 amide bonds. The van der Waals surface area contributed by atoms with E-state index in [0.29, 0.717) is 34.9 Å². The fourth-order valence-electron chi connectivity index (χ4n) is 3.79. The predicted molar refractivity (Wildman–Crippen MR) is 112 cm³/mol. The van der Waals surface area contributed by atoms with Gasteiger partial charge in [-0.3, -0.25) is 9.48 Å². The molecule has 0 aliphatic carbocycles. The summed E-state index contributed by atoms with van der Waals surface area (Å²) in [5.74, 6) is -1.99. The predicted octanol–water partition coefficient (Wildman–Crippen LogP) is 3.91. The van der Waals surface area contributed by atoms with Crippen molar-refractivity contribution in [1.82, 2.24) is 19.8 Å². The number of hydrogen-bond donors (Lipinski definition) is 1. The van der Waals surface area contributed by atoms with E-state index in [1.165, 1.54) is 10.5 Å². The number of carbonyl (C=O) groups excluding carboxylic acids is 1. The number of likely N-dealkylation sites (tertiary alicyclic amines) is 1. The van der Waals surface area contributed by atoms with Crippen LogP contribution >= 0.6 is 0 Å². The Morgan fingerprint density at radius 2 is 1.94 bits per heavy atom. The Hall–Kier alpha value is -3.23. The van der Waals surface area contributed by atoms with Gasteiger partial charge in [0.25, 0.3) is 11.8 Å². The monoisotopic (exact) mass is 429 g/mol. The minimum Gasteiger partial charge on any atom is -0.369 e. The molecule has 0 unspecified atom stereocenters. The topological polar surface area (TPSA) is 76.2 Å². The van der Waals surface area contributed by atoms with E-state index in [4.69, 9.17) is 4.52 Å². The first-order valence-corrected chi connectivity index (χ1v) is 10.3. The number of amides is 1. The first-order chi connectivity index (χ1) is 14.9. The molecule has 31 heavy (non-hydrogen) atoms. The zero-order chi connectivity index (χ0) is 22.0. The number of aromatic nitrogens is 3. The fourth-order valence-corrected chi connectivity index (χ4v) is 3.79. The third-order valence-electron chi connectivity index (χ3n) is 5.60. The van der Waals surface area contributed by atoms with Gasteiger partial charge >= 0.3 is 0 Å². The summed E-state index contributed by atoms with van der Waals surface area (Å²) >= 11 is 0. The third-order valence-corrected chi connectivity index (χ3v) is 5.60. The van der Waals surface area contributed by atoms with Crippen LogP contribution in [0.2, 0.25) is 0 Å². The lowest BCUT2D eigenvalue weighted by Crippen LogP contribution is -2.42. The number of piperidine rings is 1. The Morgan fingerprint density at radius 3 is 2.65 bits per heavy atom. The maximum atomic E-state index is 13.5. The van der Waals surface area contributed by atoms with E-state index >= 15 is 0 Å². The summed E-state index contributed by atoms with van der Waals surface area (Å²) < 4.78 is 34.0. The number of rotatable bonds is 6. The maximum Gasteiger partial charge on any atom is 0.259 e. The summed E-state index contributed by atoms with van der Waals surface area (Å²) in [7, 11) is 1.80. The van der Waals surface area contributed by atoms with Crippen molar-refractivity contribution < 1.29 is 18.1 Å². The van der Waals surface area contributed by atoms with E-state index < -0.39 is 5.92 Å².